The predicted molar refractivity (Wildman–Crippen MR) is 81.5 cm³/mol. The molecule has 3 N–H and O–H groups in total. The van der Waals surface area contributed by atoms with Crippen LogP contribution in [0.25, 0.3) is 11.0 Å². The molecular weight excluding hydrogens is 268 g/mol. The second kappa shape index (κ2) is 5.24. The number of benzene rings is 1. The van der Waals surface area contributed by atoms with Gasteiger partial charge in [0.15, 0.2) is 0 Å². The van der Waals surface area contributed by atoms with Gasteiger partial charge in [0.25, 0.3) is 0 Å². The molecule has 0 radical (unpaired) electrons. The number of fused-ring (bicyclic) bond motifs is 1. The lowest BCUT2D eigenvalue weighted by molar-refractivity contribution is 0.839. The van der Waals surface area contributed by atoms with Gasteiger partial charge in [-0.15, -0.1) is 0 Å². The van der Waals surface area contributed by atoms with E-state index in [2.05, 4.69) is 20.3 Å². The Hall–Kier alpha value is -2.89. The number of nitrogens with zero attached hydrogens (tertiary/aromatic N) is 1. The summed E-state index contributed by atoms with van der Waals surface area (Å²) in [6, 6.07) is 11.1. The molecule has 0 fully saturated rings. The topological polar surface area (TPSA) is 90.6 Å². The molecule has 0 bridgehead atoms. The van der Waals surface area contributed by atoms with Crippen LogP contribution in [0, 0.1) is 0 Å². The zero-order valence-corrected chi connectivity index (χ0v) is 11.4. The van der Waals surface area contributed by atoms with Crippen LogP contribution in [0.4, 0.5) is 5.69 Å². The molecule has 1 unspecified atom stereocenters. The largest absolute Gasteiger partial charge is 0.377 e. The minimum Gasteiger partial charge on any atom is -0.377 e. The highest BCUT2D eigenvalue weighted by atomic mass is 16.2. The maximum absolute atomic E-state index is 11.4. The summed E-state index contributed by atoms with van der Waals surface area (Å²) >= 11 is 0. The average molecular weight is 282 g/mol. The smallest absolute Gasteiger partial charge is 0.314 e. The minimum atomic E-state index is -0.655. The van der Waals surface area contributed by atoms with Crippen LogP contribution in [0.15, 0.2) is 52.2 Å². The van der Waals surface area contributed by atoms with Crippen LogP contribution >= 0.6 is 0 Å². The molecule has 0 aliphatic carbocycles. The summed E-state index contributed by atoms with van der Waals surface area (Å²) in [6.07, 6.45) is 1.75. The molecule has 6 heteroatoms. The molecule has 0 saturated heterocycles. The van der Waals surface area contributed by atoms with Crippen molar-refractivity contribution < 1.29 is 0 Å². The van der Waals surface area contributed by atoms with E-state index in [0.29, 0.717) is 11.0 Å². The number of aromatic amines is 2. The van der Waals surface area contributed by atoms with Gasteiger partial charge in [-0.3, -0.25) is 14.6 Å². The molecule has 2 aromatic heterocycles. The second-order valence-electron chi connectivity index (χ2n) is 4.79. The van der Waals surface area contributed by atoms with E-state index >= 15 is 0 Å². The Morgan fingerprint density at radius 2 is 1.81 bits per heavy atom. The maximum Gasteiger partial charge on any atom is 0.314 e. The van der Waals surface area contributed by atoms with Crippen molar-refractivity contribution in [2.24, 2.45) is 0 Å². The van der Waals surface area contributed by atoms with Crippen molar-refractivity contribution in [2.75, 3.05) is 5.32 Å². The van der Waals surface area contributed by atoms with Crippen molar-refractivity contribution in [3.63, 3.8) is 0 Å². The van der Waals surface area contributed by atoms with Crippen molar-refractivity contribution in [2.45, 2.75) is 13.0 Å². The fourth-order valence-corrected chi connectivity index (χ4v) is 2.16. The molecule has 0 spiro atoms. The van der Waals surface area contributed by atoms with Gasteiger partial charge in [-0.2, -0.15) is 0 Å². The molecule has 0 aliphatic heterocycles. The van der Waals surface area contributed by atoms with Crippen LogP contribution in [0.5, 0.6) is 0 Å². The van der Waals surface area contributed by atoms with Crippen LogP contribution in [-0.4, -0.2) is 15.0 Å². The first kappa shape index (κ1) is 13.1. The molecule has 0 aliphatic rings. The highest BCUT2D eigenvalue weighted by Crippen LogP contribution is 2.19. The van der Waals surface area contributed by atoms with E-state index in [4.69, 9.17) is 0 Å². The normalized spacial score (nSPS) is 12.2. The van der Waals surface area contributed by atoms with Gasteiger partial charge >= 0.3 is 11.1 Å². The number of nitrogens with one attached hydrogen (secondary N) is 3. The Labute approximate surface area is 119 Å². The van der Waals surface area contributed by atoms with Crippen LogP contribution in [0.2, 0.25) is 0 Å². The van der Waals surface area contributed by atoms with Gasteiger partial charge in [0.1, 0.15) is 0 Å². The lowest BCUT2D eigenvalue weighted by Gasteiger charge is -2.15. The number of rotatable bonds is 3. The average Bonchev–Trinajstić information content (AvgIpc) is 2.49. The first-order chi connectivity index (χ1) is 10.1. The molecule has 3 aromatic rings. The zero-order chi connectivity index (χ0) is 14.8. The fourth-order valence-electron chi connectivity index (χ4n) is 2.16. The summed E-state index contributed by atoms with van der Waals surface area (Å²) < 4.78 is 0. The summed E-state index contributed by atoms with van der Waals surface area (Å²) in [5.74, 6) is 0. The Morgan fingerprint density at radius 3 is 2.52 bits per heavy atom. The van der Waals surface area contributed by atoms with E-state index in [9.17, 15) is 9.59 Å². The van der Waals surface area contributed by atoms with Crippen molar-refractivity contribution >= 4 is 16.7 Å². The summed E-state index contributed by atoms with van der Waals surface area (Å²) in [6.45, 7) is 2.00. The number of hydrogen-bond donors (Lipinski definition) is 3. The lowest BCUT2D eigenvalue weighted by Crippen LogP contribution is -2.28. The maximum atomic E-state index is 11.4. The third kappa shape index (κ3) is 2.69. The number of aromatic nitrogens is 3. The number of pyridine rings is 1. The molecule has 6 nitrogen and oxygen atoms in total. The number of H-pyrrole nitrogens is 2. The predicted octanol–water partition coefficient (Wildman–Crippen LogP) is 1.78. The van der Waals surface area contributed by atoms with Gasteiger partial charge in [0.2, 0.25) is 0 Å². The van der Waals surface area contributed by atoms with Gasteiger partial charge in [-0.25, -0.2) is 0 Å². The fraction of sp³-hybridized carbons (Fsp3) is 0.133. The van der Waals surface area contributed by atoms with Gasteiger partial charge in [-0.1, -0.05) is 6.07 Å². The van der Waals surface area contributed by atoms with E-state index in [0.717, 1.165) is 11.4 Å². The molecule has 106 valence electrons. The van der Waals surface area contributed by atoms with E-state index in [1.165, 1.54) is 0 Å². The Morgan fingerprint density at radius 1 is 1.05 bits per heavy atom. The van der Waals surface area contributed by atoms with Crippen LogP contribution in [-0.2, 0) is 0 Å². The van der Waals surface area contributed by atoms with Gasteiger partial charge in [0.05, 0.1) is 22.8 Å². The third-order valence-electron chi connectivity index (χ3n) is 3.24. The third-order valence-corrected chi connectivity index (χ3v) is 3.24. The van der Waals surface area contributed by atoms with Crippen molar-refractivity contribution in [1.29, 1.82) is 0 Å². The molecule has 1 aromatic carbocycles. The van der Waals surface area contributed by atoms with Gasteiger partial charge in [-0.05, 0) is 37.3 Å². The van der Waals surface area contributed by atoms with E-state index in [-0.39, 0.29) is 6.04 Å². The highest BCUT2D eigenvalue weighted by Gasteiger charge is 2.07. The summed E-state index contributed by atoms with van der Waals surface area (Å²) in [4.78, 5) is 32.0. The molecule has 0 amide bonds. The number of hydrogen-bond acceptors (Lipinski definition) is 4. The highest BCUT2D eigenvalue weighted by molar-refractivity contribution is 5.78. The van der Waals surface area contributed by atoms with Crippen molar-refractivity contribution in [3.8, 4) is 0 Å². The molecule has 21 heavy (non-hydrogen) atoms. The molecule has 3 rings (SSSR count). The monoisotopic (exact) mass is 282 g/mol. The standard InChI is InChI=1S/C15H14N4O2/c1-9(11-4-2-3-7-16-11)17-10-5-6-12-13(8-10)19-15(21)14(20)18-12/h2-9,17H,1H3,(H,18,20)(H,19,21). The first-order valence-corrected chi connectivity index (χ1v) is 6.57. The van der Waals surface area contributed by atoms with Gasteiger partial charge in [0, 0.05) is 11.9 Å². The summed E-state index contributed by atoms with van der Waals surface area (Å²) in [7, 11) is 0. The molecule has 1 atom stereocenters. The number of anilines is 1. The van der Waals surface area contributed by atoms with Crippen LogP contribution in [0.1, 0.15) is 18.7 Å². The van der Waals surface area contributed by atoms with Crippen molar-refractivity contribution in [1.82, 2.24) is 15.0 Å². The summed E-state index contributed by atoms with van der Waals surface area (Å²) in [5.41, 5.74) is 1.63. The van der Waals surface area contributed by atoms with Gasteiger partial charge < -0.3 is 15.3 Å². The van der Waals surface area contributed by atoms with E-state index in [1.54, 1.807) is 18.3 Å². The molecule has 2 heterocycles. The van der Waals surface area contributed by atoms with Crippen LogP contribution < -0.4 is 16.4 Å². The second-order valence-corrected chi connectivity index (χ2v) is 4.79. The summed E-state index contributed by atoms with van der Waals surface area (Å²) in [5, 5.41) is 3.31. The van der Waals surface area contributed by atoms with E-state index in [1.807, 2.05) is 31.2 Å². The SMILES string of the molecule is CC(Nc1ccc2[nH]c(=O)c(=O)[nH]c2c1)c1ccccn1. The van der Waals surface area contributed by atoms with Crippen molar-refractivity contribution in [3.05, 3.63) is 69.0 Å². The Bertz CT molecular complexity index is 883. The molecule has 0 saturated carbocycles. The van der Waals surface area contributed by atoms with E-state index < -0.39 is 11.1 Å². The zero-order valence-electron chi connectivity index (χ0n) is 11.4. The molecular formula is C15H14N4O2. The Kier molecular flexibility index (Phi) is 3.27. The minimum absolute atomic E-state index is 0.0260. The lowest BCUT2D eigenvalue weighted by atomic mass is 10.2. The Balaban J connectivity index is 1.93. The van der Waals surface area contributed by atoms with Crippen LogP contribution in [0.3, 0.4) is 0 Å². The quantitative estimate of drug-likeness (QED) is 0.639. The first-order valence-electron chi connectivity index (χ1n) is 6.57.